The number of aliphatic hydroxyl groups is 1. The van der Waals surface area contributed by atoms with Gasteiger partial charge in [0.15, 0.2) is 0 Å². The summed E-state index contributed by atoms with van der Waals surface area (Å²) in [4.78, 5) is 27.0. The number of methoxy groups -OCH3 is 1. The van der Waals surface area contributed by atoms with Crippen LogP contribution in [-0.2, 0) is 9.59 Å². The zero-order valence-electron chi connectivity index (χ0n) is 16.3. The van der Waals surface area contributed by atoms with Crippen molar-refractivity contribution in [3.63, 3.8) is 0 Å². The van der Waals surface area contributed by atoms with Crippen LogP contribution in [0.15, 0.2) is 70.9 Å². The molecule has 3 aromatic rings. The molecule has 0 aliphatic carbocycles. The molecule has 7 heteroatoms. The average molecular weight is 407 g/mol. The monoisotopic (exact) mass is 407 g/mol. The van der Waals surface area contributed by atoms with Crippen LogP contribution in [0.3, 0.4) is 0 Å². The minimum Gasteiger partial charge on any atom is -0.507 e. The van der Waals surface area contributed by atoms with Crippen molar-refractivity contribution >= 4 is 23.1 Å². The van der Waals surface area contributed by atoms with Crippen molar-refractivity contribution < 1.29 is 28.2 Å². The Morgan fingerprint density at radius 1 is 1.13 bits per heavy atom. The highest BCUT2D eigenvalue weighted by molar-refractivity contribution is 6.51. The predicted molar refractivity (Wildman–Crippen MR) is 108 cm³/mol. The van der Waals surface area contributed by atoms with E-state index in [0.29, 0.717) is 5.75 Å². The van der Waals surface area contributed by atoms with E-state index in [-0.39, 0.29) is 22.6 Å². The van der Waals surface area contributed by atoms with Gasteiger partial charge >= 0.3 is 0 Å². The molecule has 1 unspecified atom stereocenters. The number of Topliss-reactive ketones (excluding diaryl/α,β-unsaturated/α-hetero) is 1. The molecule has 2 aromatic carbocycles. The predicted octanol–water partition coefficient (Wildman–Crippen LogP) is 4.36. The normalized spacial score (nSPS) is 18.1. The third-order valence-electron chi connectivity index (χ3n) is 4.95. The molecule has 1 aromatic heterocycles. The van der Waals surface area contributed by atoms with Gasteiger partial charge in [-0.15, -0.1) is 0 Å². The molecule has 152 valence electrons. The van der Waals surface area contributed by atoms with Crippen LogP contribution in [0.5, 0.6) is 5.75 Å². The molecule has 0 radical (unpaired) electrons. The minimum atomic E-state index is -1.06. The zero-order valence-corrected chi connectivity index (χ0v) is 16.3. The number of nitrogens with zero attached hydrogens (tertiary/aromatic N) is 1. The van der Waals surface area contributed by atoms with E-state index in [1.54, 1.807) is 30.3 Å². The van der Waals surface area contributed by atoms with Gasteiger partial charge in [0.1, 0.15) is 29.1 Å². The van der Waals surface area contributed by atoms with E-state index in [0.717, 1.165) is 16.5 Å². The largest absolute Gasteiger partial charge is 0.507 e. The minimum absolute atomic E-state index is 0.164. The molecular weight excluding hydrogens is 389 g/mol. The smallest absolute Gasteiger partial charge is 0.300 e. The van der Waals surface area contributed by atoms with Crippen LogP contribution in [0, 0.1) is 12.7 Å². The summed E-state index contributed by atoms with van der Waals surface area (Å²) in [5.74, 6) is -2.15. The van der Waals surface area contributed by atoms with Gasteiger partial charge in [0, 0.05) is 5.69 Å². The van der Waals surface area contributed by atoms with Gasteiger partial charge in [0.25, 0.3) is 11.7 Å². The van der Waals surface area contributed by atoms with E-state index in [1.165, 1.54) is 31.6 Å². The van der Waals surface area contributed by atoms with Crippen LogP contribution in [0.25, 0.3) is 5.76 Å². The summed E-state index contributed by atoms with van der Waals surface area (Å²) < 4.78 is 24.6. The molecule has 2 heterocycles. The van der Waals surface area contributed by atoms with E-state index in [9.17, 15) is 19.1 Å². The number of anilines is 1. The number of hydrogen-bond donors (Lipinski definition) is 1. The SMILES string of the molecule is COc1ccc(C)cc1/C(O)=C1/C(=O)C(=O)N(c2cccc(F)c2)C1c1ccco1. The number of aliphatic hydroxyl groups excluding tert-OH is 1. The van der Waals surface area contributed by atoms with Crippen molar-refractivity contribution in [1.82, 2.24) is 0 Å². The second-order valence-corrected chi connectivity index (χ2v) is 6.87. The molecule has 30 heavy (non-hydrogen) atoms. The number of hydrogen-bond acceptors (Lipinski definition) is 5. The van der Waals surface area contributed by atoms with Gasteiger partial charge < -0.3 is 14.3 Å². The molecule has 1 aliphatic rings. The van der Waals surface area contributed by atoms with Crippen LogP contribution >= 0.6 is 0 Å². The number of benzene rings is 2. The lowest BCUT2D eigenvalue weighted by molar-refractivity contribution is -0.132. The quantitative estimate of drug-likeness (QED) is 0.395. The fourth-order valence-corrected chi connectivity index (χ4v) is 3.59. The highest BCUT2D eigenvalue weighted by Gasteiger charge is 2.48. The highest BCUT2D eigenvalue weighted by atomic mass is 19.1. The van der Waals surface area contributed by atoms with Crippen LogP contribution < -0.4 is 9.64 Å². The fraction of sp³-hybridized carbons (Fsp3) is 0.130. The summed E-state index contributed by atoms with van der Waals surface area (Å²) in [5, 5.41) is 11.1. The van der Waals surface area contributed by atoms with E-state index >= 15 is 0 Å². The van der Waals surface area contributed by atoms with Crippen LogP contribution in [0.2, 0.25) is 0 Å². The molecule has 1 amide bonds. The first kappa shape index (κ1) is 19.4. The second kappa shape index (κ2) is 7.51. The molecule has 0 saturated carbocycles. The molecule has 1 N–H and O–H groups in total. The Kier molecular flexibility index (Phi) is 4.87. The number of rotatable bonds is 4. The number of ether oxygens (including phenoxy) is 1. The lowest BCUT2D eigenvalue weighted by atomic mass is 9.97. The Bertz CT molecular complexity index is 1170. The third kappa shape index (κ3) is 3.14. The molecule has 1 fully saturated rings. The van der Waals surface area contributed by atoms with Crippen molar-refractivity contribution in [2.45, 2.75) is 13.0 Å². The molecule has 1 aliphatic heterocycles. The topological polar surface area (TPSA) is 80.0 Å². The van der Waals surface area contributed by atoms with Gasteiger partial charge in [0.05, 0.1) is 24.5 Å². The van der Waals surface area contributed by atoms with Crippen LogP contribution in [0.4, 0.5) is 10.1 Å². The van der Waals surface area contributed by atoms with Crippen LogP contribution in [0.1, 0.15) is 22.9 Å². The number of furan rings is 1. The Labute approximate surface area is 171 Å². The van der Waals surface area contributed by atoms with Crippen molar-refractivity contribution in [3.8, 4) is 5.75 Å². The number of halogens is 1. The number of carbonyl (C=O) groups is 2. The lowest BCUT2D eigenvalue weighted by Crippen LogP contribution is -2.29. The first-order valence-corrected chi connectivity index (χ1v) is 9.17. The average Bonchev–Trinajstić information content (AvgIpc) is 3.34. The summed E-state index contributed by atoms with van der Waals surface area (Å²) in [6.45, 7) is 1.82. The maximum atomic E-state index is 13.9. The Balaban J connectivity index is 1.97. The number of carbonyl (C=O) groups excluding carboxylic acids is 2. The summed E-state index contributed by atoms with van der Waals surface area (Å²) in [7, 11) is 1.44. The van der Waals surface area contributed by atoms with Crippen molar-refractivity contribution in [1.29, 1.82) is 0 Å². The Morgan fingerprint density at radius 3 is 2.60 bits per heavy atom. The maximum Gasteiger partial charge on any atom is 0.300 e. The summed E-state index contributed by atoms with van der Waals surface area (Å²) in [5.41, 5.74) is 1.11. The molecule has 6 nitrogen and oxygen atoms in total. The second-order valence-electron chi connectivity index (χ2n) is 6.87. The van der Waals surface area contributed by atoms with Crippen molar-refractivity contribution in [3.05, 3.63) is 89.1 Å². The summed E-state index contributed by atoms with van der Waals surface area (Å²) in [6, 6.07) is 12.6. The number of amides is 1. The Hall–Kier alpha value is -3.87. The van der Waals surface area contributed by atoms with Gasteiger partial charge in [0.2, 0.25) is 0 Å². The lowest BCUT2D eigenvalue weighted by Gasteiger charge is -2.23. The number of aryl methyl sites for hydroxylation is 1. The molecule has 4 rings (SSSR count). The van der Waals surface area contributed by atoms with Gasteiger partial charge in [-0.2, -0.15) is 0 Å². The molecule has 1 saturated heterocycles. The standard InChI is InChI=1S/C23H18FNO5/c1-13-8-9-17(29-2)16(11-13)21(26)19-20(18-7-4-10-30-18)25(23(28)22(19)27)15-6-3-5-14(24)12-15/h3-12,20,26H,1-2H3/b21-19-. The molecule has 1 atom stereocenters. The van der Waals surface area contributed by atoms with E-state index in [1.807, 2.05) is 6.92 Å². The Morgan fingerprint density at radius 2 is 1.93 bits per heavy atom. The van der Waals surface area contributed by atoms with Gasteiger partial charge in [-0.3, -0.25) is 14.5 Å². The first-order chi connectivity index (χ1) is 14.4. The number of ketones is 1. The third-order valence-corrected chi connectivity index (χ3v) is 4.95. The molecule has 0 bridgehead atoms. The van der Waals surface area contributed by atoms with Gasteiger partial charge in [-0.25, -0.2) is 4.39 Å². The van der Waals surface area contributed by atoms with Crippen molar-refractivity contribution in [2.75, 3.05) is 12.0 Å². The fourth-order valence-electron chi connectivity index (χ4n) is 3.59. The van der Waals surface area contributed by atoms with E-state index in [4.69, 9.17) is 9.15 Å². The van der Waals surface area contributed by atoms with Crippen LogP contribution in [-0.4, -0.2) is 23.9 Å². The summed E-state index contributed by atoms with van der Waals surface area (Å²) in [6.07, 6.45) is 1.40. The molecule has 0 spiro atoms. The summed E-state index contributed by atoms with van der Waals surface area (Å²) >= 11 is 0. The van der Waals surface area contributed by atoms with Crippen molar-refractivity contribution in [2.24, 2.45) is 0 Å². The molecular formula is C23H18FNO5. The zero-order chi connectivity index (χ0) is 21.4. The highest BCUT2D eigenvalue weighted by Crippen LogP contribution is 2.43. The maximum absolute atomic E-state index is 13.9. The van der Waals surface area contributed by atoms with E-state index in [2.05, 4.69) is 0 Å². The van der Waals surface area contributed by atoms with Gasteiger partial charge in [-0.05, 0) is 49.4 Å². The van der Waals surface area contributed by atoms with E-state index < -0.39 is 29.3 Å². The first-order valence-electron chi connectivity index (χ1n) is 9.17. The van der Waals surface area contributed by atoms with Gasteiger partial charge in [-0.1, -0.05) is 17.7 Å².